The van der Waals surface area contributed by atoms with Crippen LogP contribution >= 0.6 is 11.6 Å². The SMILES string of the molecule is CCOc1ccc(NC(=O)[C@@H]2[C@H]3C(=O)N([C@@H](CC)CO)C(C(=O)Nc4ccccc4Cl)C34CC[C@@]2(CC)O4)cc1. The highest BCUT2D eigenvalue weighted by atomic mass is 35.5. The molecule has 214 valence electrons. The number of ether oxygens (including phenoxy) is 2. The van der Waals surface area contributed by atoms with Crippen molar-refractivity contribution in [2.75, 3.05) is 23.8 Å². The van der Waals surface area contributed by atoms with E-state index >= 15 is 0 Å². The topological polar surface area (TPSA) is 117 Å². The predicted octanol–water partition coefficient (Wildman–Crippen LogP) is 4.24. The zero-order valence-electron chi connectivity index (χ0n) is 23.0. The first-order valence-electron chi connectivity index (χ1n) is 14.0. The number of aliphatic hydroxyl groups excluding tert-OH is 1. The zero-order valence-corrected chi connectivity index (χ0v) is 23.7. The number of nitrogens with zero attached hydrogens (tertiary/aromatic N) is 1. The molecule has 0 radical (unpaired) electrons. The summed E-state index contributed by atoms with van der Waals surface area (Å²) in [6, 6.07) is 12.3. The van der Waals surface area contributed by atoms with Crippen molar-refractivity contribution in [3.63, 3.8) is 0 Å². The highest BCUT2D eigenvalue weighted by molar-refractivity contribution is 6.33. The third-order valence-electron chi connectivity index (χ3n) is 8.79. The van der Waals surface area contributed by atoms with Gasteiger partial charge in [0.05, 0.1) is 47.4 Å². The quantitative estimate of drug-likeness (QED) is 0.394. The van der Waals surface area contributed by atoms with Crippen molar-refractivity contribution >= 4 is 40.7 Å². The van der Waals surface area contributed by atoms with E-state index in [1.807, 2.05) is 20.8 Å². The molecule has 1 spiro atoms. The number of aliphatic hydroxyl groups is 1. The Hall–Kier alpha value is -3.14. The number of rotatable bonds is 10. The molecule has 10 heteroatoms. The Labute approximate surface area is 239 Å². The number of para-hydroxylation sites is 1. The molecule has 0 saturated carbocycles. The van der Waals surface area contributed by atoms with Crippen molar-refractivity contribution in [2.24, 2.45) is 11.8 Å². The van der Waals surface area contributed by atoms with Crippen molar-refractivity contribution in [1.82, 2.24) is 4.90 Å². The lowest BCUT2D eigenvalue weighted by molar-refractivity contribution is -0.148. The fraction of sp³-hybridized carbons (Fsp3) is 0.500. The summed E-state index contributed by atoms with van der Waals surface area (Å²) in [5.41, 5.74) is -1.09. The maximum absolute atomic E-state index is 14.2. The summed E-state index contributed by atoms with van der Waals surface area (Å²) in [6.45, 7) is 5.91. The van der Waals surface area contributed by atoms with Crippen LogP contribution < -0.4 is 15.4 Å². The molecule has 3 fully saturated rings. The second kappa shape index (κ2) is 11.0. The summed E-state index contributed by atoms with van der Waals surface area (Å²) in [5.74, 6) is -2.10. The summed E-state index contributed by atoms with van der Waals surface area (Å²) in [7, 11) is 0. The molecule has 0 aliphatic carbocycles. The van der Waals surface area contributed by atoms with Gasteiger partial charge in [0, 0.05) is 5.69 Å². The summed E-state index contributed by atoms with van der Waals surface area (Å²) in [6.07, 6.45) is 1.93. The zero-order chi connectivity index (χ0) is 28.7. The standard InChI is InChI=1S/C30H36ClN3O6/c1-4-19(17-35)34-25(27(37)33-22-10-8-7-9-21(22)31)30-16-15-29(5-2,40-30)23(24(30)28(34)38)26(36)32-18-11-13-20(14-12-18)39-6-3/h7-14,19,23-25,35H,4-6,15-17H2,1-3H3,(H,32,36)(H,33,37)/t19-,23-,24-,25?,29+,30?/m0/s1. The van der Waals surface area contributed by atoms with E-state index in [0.717, 1.165) is 0 Å². The first kappa shape index (κ1) is 28.4. The van der Waals surface area contributed by atoms with Gasteiger partial charge in [-0.2, -0.15) is 0 Å². The summed E-state index contributed by atoms with van der Waals surface area (Å²) >= 11 is 6.33. The third-order valence-corrected chi connectivity index (χ3v) is 9.12. The van der Waals surface area contributed by atoms with Crippen LogP contribution in [0, 0.1) is 11.8 Å². The van der Waals surface area contributed by atoms with Gasteiger partial charge in [0.15, 0.2) is 0 Å². The Morgan fingerprint density at radius 3 is 2.45 bits per heavy atom. The molecule has 2 unspecified atom stereocenters. The number of carbonyl (C=O) groups excluding carboxylic acids is 3. The van der Waals surface area contributed by atoms with Crippen molar-refractivity contribution in [3.05, 3.63) is 53.6 Å². The lowest BCUT2D eigenvalue weighted by atomic mass is 9.65. The normalized spacial score (nSPS) is 29.3. The van der Waals surface area contributed by atoms with Crippen LogP contribution in [0.4, 0.5) is 11.4 Å². The van der Waals surface area contributed by atoms with Gasteiger partial charge in [-0.3, -0.25) is 14.4 Å². The summed E-state index contributed by atoms with van der Waals surface area (Å²) in [4.78, 5) is 43.6. The van der Waals surface area contributed by atoms with Gasteiger partial charge < -0.3 is 30.1 Å². The van der Waals surface area contributed by atoms with E-state index in [9.17, 15) is 19.5 Å². The van der Waals surface area contributed by atoms with E-state index in [2.05, 4.69) is 10.6 Å². The minimum Gasteiger partial charge on any atom is -0.494 e. The van der Waals surface area contributed by atoms with Gasteiger partial charge in [-0.25, -0.2) is 0 Å². The second-order valence-corrected chi connectivity index (χ2v) is 11.1. The number of fused-ring (bicyclic) bond motifs is 1. The largest absolute Gasteiger partial charge is 0.494 e. The number of likely N-dealkylation sites (tertiary alicyclic amines) is 1. The van der Waals surface area contributed by atoms with Gasteiger partial charge in [-0.1, -0.05) is 37.6 Å². The van der Waals surface area contributed by atoms with Gasteiger partial charge in [0.2, 0.25) is 17.7 Å². The molecular weight excluding hydrogens is 534 g/mol. The first-order chi connectivity index (χ1) is 19.2. The lowest BCUT2D eigenvalue weighted by Gasteiger charge is -2.37. The van der Waals surface area contributed by atoms with E-state index in [1.54, 1.807) is 48.5 Å². The summed E-state index contributed by atoms with van der Waals surface area (Å²) in [5, 5.41) is 16.4. The number of halogens is 1. The molecule has 3 aliphatic rings. The number of nitrogens with one attached hydrogen (secondary N) is 2. The Morgan fingerprint density at radius 1 is 1.10 bits per heavy atom. The number of amides is 3. The predicted molar refractivity (Wildman–Crippen MR) is 151 cm³/mol. The van der Waals surface area contributed by atoms with Crippen molar-refractivity contribution in [3.8, 4) is 5.75 Å². The maximum Gasteiger partial charge on any atom is 0.250 e. The van der Waals surface area contributed by atoms with Gasteiger partial charge in [-0.05, 0) is 69.0 Å². The highest BCUT2D eigenvalue weighted by Crippen LogP contribution is 2.64. The van der Waals surface area contributed by atoms with Gasteiger partial charge in [-0.15, -0.1) is 0 Å². The Balaban J connectivity index is 1.52. The fourth-order valence-electron chi connectivity index (χ4n) is 6.95. The highest BCUT2D eigenvalue weighted by Gasteiger charge is 2.79. The molecular formula is C30H36ClN3O6. The van der Waals surface area contributed by atoms with E-state index in [4.69, 9.17) is 21.1 Å². The third kappa shape index (κ3) is 4.44. The molecule has 2 aromatic rings. The molecule has 3 N–H and O–H groups in total. The Morgan fingerprint density at radius 2 is 1.82 bits per heavy atom. The van der Waals surface area contributed by atoms with Crippen LogP contribution in [0.25, 0.3) is 0 Å². The van der Waals surface area contributed by atoms with E-state index in [1.165, 1.54) is 4.90 Å². The average Bonchev–Trinajstić information content (AvgIpc) is 3.56. The smallest absolute Gasteiger partial charge is 0.250 e. The minimum absolute atomic E-state index is 0.317. The molecule has 3 saturated heterocycles. The van der Waals surface area contributed by atoms with Gasteiger partial charge in [0.25, 0.3) is 0 Å². The van der Waals surface area contributed by atoms with E-state index in [-0.39, 0.29) is 18.4 Å². The summed E-state index contributed by atoms with van der Waals surface area (Å²) < 4.78 is 12.3. The molecule has 40 heavy (non-hydrogen) atoms. The monoisotopic (exact) mass is 569 g/mol. The molecule has 3 heterocycles. The van der Waals surface area contributed by atoms with Crippen LogP contribution in [-0.4, -0.2) is 64.2 Å². The van der Waals surface area contributed by atoms with Crippen LogP contribution in [0.15, 0.2) is 48.5 Å². The Kier molecular flexibility index (Phi) is 7.83. The van der Waals surface area contributed by atoms with Crippen molar-refractivity contribution in [1.29, 1.82) is 0 Å². The lowest BCUT2D eigenvalue weighted by Crippen LogP contribution is -2.56. The van der Waals surface area contributed by atoms with Crippen LogP contribution in [0.5, 0.6) is 5.75 Å². The van der Waals surface area contributed by atoms with Crippen LogP contribution in [-0.2, 0) is 19.1 Å². The number of benzene rings is 2. The molecule has 3 amide bonds. The van der Waals surface area contributed by atoms with E-state index in [0.29, 0.717) is 54.4 Å². The molecule has 2 aromatic carbocycles. The average molecular weight is 570 g/mol. The van der Waals surface area contributed by atoms with Crippen molar-refractivity contribution in [2.45, 2.75) is 69.7 Å². The van der Waals surface area contributed by atoms with Gasteiger partial charge in [0.1, 0.15) is 17.4 Å². The first-order valence-corrected chi connectivity index (χ1v) is 14.3. The van der Waals surface area contributed by atoms with Crippen LogP contribution in [0.2, 0.25) is 5.02 Å². The van der Waals surface area contributed by atoms with Gasteiger partial charge >= 0.3 is 0 Å². The molecule has 5 rings (SSSR count). The minimum atomic E-state index is -1.21. The molecule has 6 atom stereocenters. The fourth-order valence-corrected chi connectivity index (χ4v) is 7.13. The molecule has 0 aromatic heterocycles. The van der Waals surface area contributed by atoms with Crippen LogP contribution in [0.1, 0.15) is 46.5 Å². The molecule has 9 nitrogen and oxygen atoms in total. The van der Waals surface area contributed by atoms with Crippen LogP contribution in [0.3, 0.4) is 0 Å². The molecule has 3 aliphatic heterocycles. The maximum atomic E-state index is 14.2. The number of hydrogen-bond donors (Lipinski definition) is 3. The number of anilines is 2. The van der Waals surface area contributed by atoms with Crippen molar-refractivity contribution < 1.29 is 29.0 Å². The second-order valence-electron chi connectivity index (χ2n) is 10.7. The van der Waals surface area contributed by atoms with E-state index < -0.39 is 41.0 Å². The molecule has 2 bridgehead atoms. The number of hydrogen-bond acceptors (Lipinski definition) is 6. The Bertz CT molecular complexity index is 1280. The number of carbonyl (C=O) groups is 3.